The van der Waals surface area contributed by atoms with E-state index in [0.29, 0.717) is 31.4 Å². The Bertz CT molecular complexity index is 415. The van der Waals surface area contributed by atoms with Gasteiger partial charge >= 0.3 is 0 Å². The van der Waals surface area contributed by atoms with Gasteiger partial charge in [-0.15, -0.1) is 0 Å². The van der Waals surface area contributed by atoms with Crippen LogP contribution in [0.4, 0.5) is 5.82 Å². The van der Waals surface area contributed by atoms with Gasteiger partial charge in [0.2, 0.25) is 0 Å². The molecule has 1 aromatic rings. The molecule has 0 spiro atoms. The van der Waals surface area contributed by atoms with Crippen LogP contribution in [-0.2, 0) is 11.3 Å². The fourth-order valence-electron chi connectivity index (χ4n) is 1.69. The third-order valence-electron chi connectivity index (χ3n) is 2.48. The van der Waals surface area contributed by atoms with Crippen molar-refractivity contribution < 1.29 is 4.74 Å². The zero-order valence-corrected chi connectivity index (χ0v) is 11.6. The van der Waals surface area contributed by atoms with Crippen LogP contribution in [0.15, 0.2) is 17.2 Å². The van der Waals surface area contributed by atoms with Crippen molar-refractivity contribution >= 4 is 5.82 Å². The highest BCUT2D eigenvalue weighted by molar-refractivity contribution is 5.30. The normalized spacial score (nSPS) is 12.7. The molecule has 1 heterocycles. The predicted octanol–water partition coefficient (Wildman–Crippen LogP) is 1.74. The molecule has 1 unspecified atom stereocenters. The maximum atomic E-state index is 12.1. The summed E-state index contributed by atoms with van der Waals surface area (Å²) in [4.78, 5) is 16.2. The molecule has 1 rings (SSSR count). The maximum absolute atomic E-state index is 12.1. The van der Waals surface area contributed by atoms with Crippen molar-refractivity contribution in [2.45, 2.75) is 40.3 Å². The molecule has 1 N–H and O–H groups in total. The van der Waals surface area contributed by atoms with Crippen molar-refractivity contribution in [3.8, 4) is 0 Å². The third kappa shape index (κ3) is 4.49. The Morgan fingerprint density at radius 3 is 2.78 bits per heavy atom. The van der Waals surface area contributed by atoms with Crippen LogP contribution < -0.4 is 10.9 Å². The van der Waals surface area contributed by atoms with Crippen LogP contribution in [0, 0.1) is 5.92 Å². The molecule has 1 atom stereocenters. The Kier molecular flexibility index (Phi) is 5.85. The van der Waals surface area contributed by atoms with Crippen LogP contribution in [-0.4, -0.2) is 28.8 Å². The van der Waals surface area contributed by atoms with Crippen molar-refractivity contribution in [1.29, 1.82) is 0 Å². The molecular weight excluding hydrogens is 230 g/mol. The van der Waals surface area contributed by atoms with E-state index in [2.05, 4.69) is 24.1 Å². The molecule has 1 aromatic heterocycles. The van der Waals surface area contributed by atoms with Gasteiger partial charge in [-0.2, -0.15) is 0 Å². The zero-order valence-electron chi connectivity index (χ0n) is 11.6. The van der Waals surface area contributed by atoms with E-state index in [4.69, 9.17) is 4.74 Å². The molecule has 0 bridgehead atoms. The minimum absolute atomic E-state index is 0.0648. The average molecular weight is 253 g/mol. The van der Waals surface area contributed by atoms with Gasteiger partial charge in [-0.05, 0) is 19.8 Å². The summed E-state index contributed by atoms with van der Waals surface area (Å²) >= 11 is 0. The smallest absolute Gasteiger partial charge is 0.293 e. The van der Waals surface area contributed by atoms with E-state index >= 15 is 0 Å². The van der Waals surface area contributed by atoms with Crippen LogP contribution in [0.25, 0.3) is 0 Å². The Labute approximate surface area is 108 Å². The van der Waals surface area contributed by atoms with E-state index in [1.54, 1.807) is 17.0 Å². The van der Waals surface area contributed by atoms with Crippen molar-refractivity contribution in [2.24, 2.45) is 5.92 Å². The average Bonchev–Trinajstić information content (AvgIpc) is 2.30. The standard InChI is InChI=1S/C13H23N3O2/c1-5-18-11(4)8-15-12-13(17)16(7-6-14-12)9-10(2)3/h6-7,10-11H,5,8-9H2,1-4H3,(H,14,15). The number of nitrogens with zero attached hydrogens (tertiary/aromatic N) is 2. The third-order valence-corrected chi connectivity index (χ3v) is 2.48. The van der Waals surface area contributed by atoms with E-state index in [1.807, 2.05) is 13.8 Å². The molecule has 0 saturated heterocycles. The lowest BCUT2D eigenvalue weighted by Crippen LogP contribution is -2.29. The first-order chi connectivity index (χ1) is 8.54. The summed E-state index contributed by atoms with van der Waals surface area (Å²) in [6, 6.07) is 0. The highest BCUT2D eigenvalue weighted by Gasteiger charge is 2.07. The molecule has 18 heavy (non-hydrogen) atoms. The van der Waals surface area contributed by atoms with Gasteiger partial charge in [0.1, 0.15) is 0 Å². The number of nitrogens with one attached hydrogen (secondary N) is 1. The van der Waals surface area contributed by atoms with Crippen LogP contribution >= 0.6 is 0 Å². The molecule has 0 fully saturated rings. The van der Waals surface area contributed by atoms with Crippen molar-refractivity contribution in [1.82, 2.24) is 9.55 Å². The van der Waals surface area contributed by atoms with Gasteiger partial charge in [-0.25, -0.2) is 4.98 Å². The first-order valence-corrected chi connectivity index (χ1v) is 6.45. The quantitative estimate of drug-likeness (QED) is 0.804. The van der Waals surface area contributed by atoms with E-state index in [0.717, 1.165) is 0 Å². The Hall–Kier alpha value is -1.36. The Morgan fingerprint density at radius 2 is 2.17 bits per heavy atom. The molecule has 0 aliphatic heterocycles. The molecule has 5 nitrogen and oxygen atoms in total. The van der Waals surface area contributed by atoms with Gasteiger partial charge in [0.25, 0.3) is 5.56 Å². The van der Waals surface area contributed by atoms with E-state index < -0.39 is 0 Å². The summed E-state index contributed by atoms with van der Waals surface area (Å²) in [6.45, 7) is 10.0. The molecule has 102 valence electrons. The van der Waals surface area contributed by atoms with Crippen molar-refractivity contribution in [2.75, 3.05) is 18.5 Å². The lowest BCUT2D eigenvalue weighted by Gasteiger charge is -2.14. The summed E-state index contributed by atoms with van der Waals surface area (Å²) in [7, 11) is 0. The molecule has 0 aromatic carbocycles. The second-order valence-electron chi connectivity index (χ2n) is 4.77. The molecule has 5 heteroatoms. The van der Waals surface area contributed by atoms with Crippen LogP contribution in [0.5, 0.6) is 0 Å². The van der Waals surface area contributed by atoms with Crippen molar-refractivity contribution in [3.63, 3.8) is 0 Å². The van der Waals surface area contributed by atoms with Crippen LogP contribution in [0.3, 0.4) is 0 Å². The molecule has 0 amide bonds. The van der Waals surface area contributed by atoms with E-state index in [9.17, 15) is 4.79 Å². The van der Waals surface area contributed by atoms with Crippen LogP contribution in [0.2, 0.25) is 0 Å². The second-order valence-corrected chi connectivity index (χ2v) is 4.77. The van der Waals surface area contributed by atoms with Gasteiger partial charge < -0.3 is 14.6 Å². The van der Waals surface area contributed by atoms with Crippen LogP contribution in [0.1, 0.15) is 27.7 Å². The molecule has 0 saturated carbocycles. The highest BCUT2D eigenvalue weighted by atomic mass is 16.5. The number of hydrogen-bond donors (Lipinski definition) is 1. The summed E-state index contributed by atoms with van der Waals surface area (Å²) in [5, 5.41) is 3.04. The van der Waals surface area contributed by atoms with Crippen molar-refractivity contribution in [3.05, 3.63) is 22.7 Å². The molecule has 0 aliphatic rings. The summed E-state index contributed by atoms with van der Waals surface area (Å²) in [5.74, 6) is 0.824. The topological polar surface area (TPSA) is 56.1 Å². The summed E-state index contributed by atoms with van der Waals surface area (Å²) in [6.07, 6.45) is 3.44. The lowest BCUT2D eigenvalue weighted by atomic mass is 10.2. The fraction of sp³-hybridized carbons (Fsp3) is 0.692. The number of anilines is 1. The first-order valence-electron chi connectivity index (χ1n) is 6.45. The predicted molar refractivity (Wildman–Crippen MR) is 72.9 cm³/mol. The minimum atomic E-state index is -0.0742. The van der Waals surface area contributed by atoms with Gasteiger partial charge in [0.15, 0.2) is 5.82 Å². The fourth-order valence-corrected chi connectivity index (χ4v) is 1.69. The zero-order chi connectivity index (χ0) is 13.5. The number of hydrogen-bond acceptors (Lipinski definition) is 4. The number of ether oxygens (including phenoxy) is 1. The molecule has 0 aliphatic carbocycles. The van der Waals surface area contributed by atoms with Gasteiger partial charge in [0.05, 0.1) is 6.10 Å². The highest BCUT2D eigenvalue weighted by Crippen LogP contribution is 1.99. The van der Waals surface area contributed by atoms with E-state index in [-0.39, 0.29) is 11.7 Å². The van der Waals surface area contributed by atoms with Gasteiger partial charge in [0, 0.05) is 32.1 Å². The number of aromatic nitrogens is 2. The summed E-state index contributed by atoms with van der Waals surface area (Å²) < 4.78 is 7.08. The molecule has 0 radical (unpaired) electrons. The minimum Gasteiger partial charge on any atom is -0.377 e. The second kappa shape index (κ2) is 7.16. The Balaban J connectivity index is 2.69. The first kappa shape index (κ1) is 14.7. The molecular formula is C13H23N3O2. The van der Waals surface area contributed by atoms with Gasteiger partial charge in [-0.1, -0.05) is 13.8 Å². The van der Waals surface area contributed by atoms with E-state index in [1.165, 1.54) is 0 Å². The SMILES string of the molecule is CCOC(C)CNc1nccn(CC(C)C)c1=O. The lowest BCUT2D eigenvalue weighted by molar-refractivity contribution is 0.0854. The maximum Gasteiger partial charge on any atom is 0.293 e. The Morgan fingerprint density at radius 1 is 1.44 bits per heavy atom. The van der Waals surface area contributed by atoms with Gasteiger partial charge in [-0.3, -0.25) is 4.79 Å². The summed E-state index contributed by atoms with van der Waals surface area (Å²) in [5.41, 5.74) is -0.0742. The largest absolute Gasteiger partial charge is 0.377 e. The monoisotopic (exact) mass is 253 g/mol. The number of rotatable bonds is 7.